The van der Waals surface area contributed by atoms with Gasteiger partial charge in [-0.05, 0) is 39.8 Å². The SMILES string of the molecule is CC(CN(C)C)N1C(=O)NC(=O)C(C2CCCC2)C1=O. The maximum Gasteiger partial charge on any atom is 0.331 e. The molecule has 4 amide bonds. The lowest BCUT2D eigenvalue weighted by Crippen LogP contribution is -2.62. The molecule has 1 heterocycles. The van der Waals surface area contributed by atoms with Crippen molar-refractivity contribution in [2.24, 2.45) is 11.8 Å². The molecule has 1 N–H and O–H groups in total. The second-order valence-corrected chi connectivity index (χ2v) is 6.14. The Balaban J connectivity index is 2.17. The molecule has 0 spiro atoms. The zero-order valence-corrected chi connectivity index (χ0v) is 12.4. The lowest BCUT2D eigenvalue weighted by atomic mass is 9.87. The number of hydrogen-bond acceptors (Lipinski definition) is 4. The van der Waals surface area contributed by atoms with Crippen LogP contribution in [0.5, 0.6) is 0 Å². The summed E-state index contributed by atoms with van der Waals surface area (Å²) in [5.74, 6) is -1.33. The molecule has 0 aromatic heterocycles. The molecule has 0 aromatic rings. The minimum absolute atomic E-state index is 0.0876. The summed E-state index contributed by atoms with van der Waals surface area (Å²) in [4.78, 5) is 39.7. The highest BCUT2D eigenvalue weighted by atomic mass is 16.2. The summed E-state index contributed by atoms with van der Waals surface area (Å²) in [6.07, 6.45) is 3.91. The van der Waals surface area contributed by atoms with Crippen molar-refractivity contribution in [2.45, 2.75) is 38.6 Å². The van der Waals surface area contributed by atoms with Crippen molar-refractivity contribution in [3.63, 3.8) is 0 Å². The number of nitrogens with zero attached hydrogens (tertiary/aromatic N) is 2. The largest absolute Gasteiger partial charge is 0.331 e. The van der Waals surface area contributed by atoms with Gasteiger partial charge in [0.05, 0.1) is 6.04 Å². The van der Waals surface area contributed by atoms with Gasteiger partial charge in [0, 0.05) is 6.54 Å². The molecule has 6 heteroatoms. The Kier molecular flexibility index (Phi) is 4.42. The molecule has 1 saturated carbocycles. The van der Waals surface area contributed by atoms with Gasteiger partial charge in [0.15, 0.2) is 0 Å². The quantitative estimate of drug-likeness (QED) is 0.775. The van der Waals surface area contributed by atoms with Crippen LogP contribution < -0.4 is 5.32 Å². The van der Waals surface area contributed by atoms with Crippen LogP contribution in [0.15, 0.2) is 0 Å². The standard InChI is InChI=1S/C14H23N3O3/c1-9(8-16(2)3)17-13(19)11(10-6-4-5-7-10)12(18)15-14(17)20/h9-11H,4-8H2,1-3H3,(H,15,18,20). The monoisotopic (exact) mass is 281 g/mol. The number of imide groups is 2. The second kappa shape index (κ2) is 5.91. The number of urea groups is 1. The van der Waals surface area contributed by atoms with E-state index in [2.05, 4.69) is 5.32 Å². The molecule has 0 aromatic carbocycles. The molecule has 1 aliphatic heterocycles. The number of barbiturate groups is 1. The van der Waals surface area contributed by atoms with Gasteiger partial charge in [0.2, 0.25) is 11.8 Å². The highest BCUT2D eigenvalue weighted by molar-refractivity contribution is 6.16. The first-order valence-corrected chi connectivity index (χ1v) is 7.24. The fourth-order valence-electron chi connectivity index (χ4n) is 3.34. The minimum Gasteiger partial charge on any atom is -0.307 e. The average Bonchev–Trinajstić information content (AvgIpc) is 2.80. The number of amides is 4. The van der Waals surface area contributed by atoms with Crippen LogP contribution in [0.4, 0.5) is 4.79 Å². The summed E-state index contributed by atoms with van der Waals surface area (Å²) in [5, 5.41) is 2.35. The van der Waals surface area contributed by atoms with Gasteiger partial charge in [-0.15, -0.1) is 0 Å². The number of carbonyl (C=O) groups is 3. The Bertz CT molecular complexity index is 416. The molecule has 2 fully saturated rings. The molecule has 2 aliphatic rings. The Morgan fingerprint density at radius 3 is 2.40 bits per heavy atom. The molecule has 6 nitrogen and oxygen atoms in total. The van der Waals surface area contributed by atoms with Crippen molar-refractivity contribution >= 4 is 17.8 Å². The first-order valence-electron chi connectivity index (χ1n) is 7.24. The van der Waals surface area contributed by atoms with Gasteiger partial charge in [-0.3, -0.25) is 19.8 Å². The summed E-state index contributed by atoms with van der Waals surface area (Å²) in [7, 11) is 3.78. The van der Waals surface area contributed by atoms with E-state index in [4.69, 9.17) is 0 Å². The van der Waals surface area contributed by atoms with Gasteiger partial charge in [-0.2, -0.15) is 0 Å². The number of carbonyl (C=O) groups excluding carboxylic acids is 3. The topological polar surface area (TPSA) is 69.7 Å². The molecule has 0 radical (unpaired) electrons. The van der Waals surface area contributed by atoms with Crippen molar-refractivity contribution in [1.29, 1.82) is 0 Å². The number of nitrogens with one attached hydrogen (secondary N) is 1. The maximum absolute atomic E-state index is 12.6. The van der Waals surface area contributed by atoms with Crippen LogP contribution >= 0.6 is 0 Å². The van der Waals surface area contributed by atoms with Crippen molar-refractivity contribution in [1.82, 2.24) is 15.1 Å². The van der Waals surface area contributed by atoms with Crippen LogP contribution in [0.2, 0.25) is 0 Å². The van der Waals surface area contributed by atoms with Gasteiger partial charge >= 0.3 is 6.03 Å². The lowest BCUT2D eigenvalue weighted by molar-refractivity contribution is -0.146. The van der Waals surface area contributed by atoms with E-state index in [9.17, 15) is 14.4 Å². The molecule has 112 valence electrons. The summed E-state index contributed by atoms with van der Waals surface area (Å²) in [5.41, 5.74) is 0. The third-order valence-corrected chi connectivity index (χ3v) is 4.18. The van der Waals surface area contributed by atoms with E-state index in [0.29, 0.717) is 6.54 Å². The zero-order valence-electron chi connectivity index (χ0n) is 12.4. The lowest BCUT2D eigenvalue weighted by Gasteiger charge is -2.37. The van der Waals surface area contributed by atoms with E-state index in [0.717, 1.165) is 25.7 Å². The number of likely N-dealkylation sites (N-methyl/N-ethyl adjacent to an activating group) is 1. The minimum atomic E-state index is -0.681. The molecule has 20 heavy (non-hydrogen) atoms. The predicted octanol–water partition coefficient (Wildman–Crippen LogP) is 0.821. The van der Waals surface area contributed by atoms with Crippen molar-refractivity contribution < 1.29 is 14.4 Å². The Morgan fingerprint density at radius 2 is 1.85 bits per heavy atom. The normalized spacial score (nSPS) is 26.3. The molecule has 2 atom stereocenters. The Morgan fingerprint density at radius 1 is 1.25 bits per heavy atom. The molecule has 1 saturated heterocycles. The Labute approximate surface area is 119 Å². The fraction of sp³-hybridized carbons (Fsp3) is 0.786. The van der Waals surface area contributed by atoms with Gasteiger partial charge in [-0.1, -0.05) is 12.8 Å². The van der Waals surface area contributed by atoms with Crippen molar-refractivity contribution in [3.05, 3.63) is 0 Å². The highest BCUT2D eigenvalue weighted by Crippen LogP contribution is 2.34. The summed E-state index contributed by atoms with van der Waals surface area (Å²) in [6.45, 7) is 2.42. The van der Waals surface area contributed by atoms with Crippen molar-refractivity contribution in [2.75, 3.05) is 20.6 Å². The molecule has 0 bridgehead atoms. The van der Waals surface area contributed by atoms with E-state index in [-0.39, 0.29) is 17.9 Å². The predicted molar refractivity (Wildman–Crippen MR) is 73.8 cm³/mol. The average molecular weight is 281 g/mol. The summed E-state index contributed by atoms with van der Waals surface area (Å²) in [6, 6.07) is -0.821. The van der Waals surface area contributed by atoms with Gasteiger partial charge in [0.25, 0.3) is 0 Å². The van der Waals surface area contributed by atoms with Crippen LogP contribution in [-0.2, 0) is 9.59 Å². The molecular weight excluding hydrogens is 258 g/mol. The van der Waals surface area contributed by atoms with E-state index < -0.39 is 17.9 Å². The highest BCUT2D eigenvalue weighted by Gasteiger charge is 2.46. The summed E-state index contributed by atoms with van der Waals surface area (Å²) >= 11 is 0. The van der Waals surface area contributed by atoms with Crippen molar-refractivity contribution in [3.8, 4) is 0 Å². The van der Waals surface area contributed by atoms with Gasteiger partial charge in [0.1, 0.15) is 5.92 Å². The van der Waals surface area contributed by atoms with Gasteiger partial charge in [-0.25, -0.2) is 4.79 Å². The zero-order chi connectivity index (χ0) is 14.9. The number of hydrogen-bond donors (Lipinski definition) is 1. The molecule has 2 rings (SSSR count). The number of rotatable bonds is 4. The second-order valence-electron chi connectivity index (χ2n) is 6.14. The maximum atomic E-state index is 12.6. The fourth-order valence-corrected chi connectivity index (χ4v) is 3.34. The first-order chi connectivity index (χ1) is 9.41. The van der Waals surface area contributed by atoms with Crippen LogP contribution in [0, 0.1) is 11.8 Å². The molecule has 1 aliphatic carbocycles. The van der Waals surface area contributed by atoms with E-state index in [1.807, 2.05) is 25.9 Å². The van der Waals surface area contributed by atoms with Gasteiger partial charge < -0.3 is 4.90 Å². The van der Waals surface area contributed by atoms with Crippen LogP contribution in [0.1, 0.15) is 32.6 Å². The first kappa shape index (κ1) is 15.0. The van der Waals surface area contributed by atoms with E-state index >= 15 is 0 Å². The van der Waals surface area contributed by atoms with E-state index in [1.54, 1.807) is 0 Å². The van der Waals surface area contributed by atoms with Crippen LogP contribution in [0.3, 0.4) is 0 Å². The van der Waals surface area contributed by atoms with Crippen LogP contribution in [0.25, 0.3) is 0 Å². The third kappa shape index (κ3) is 2.85. The third-order valence-electron chi connectivity index (χ3n) is 4.18. The Hall–Kier alpha value is -1.43. The summed E-state index contributed by atoms with van der Waals surface area (Å²) < 4.78 is 0. The molecular formula is C14H23N3O3. The van der Waals surface area contributed by atoms with Crippen LogP contribution in [-0.4, -0.2) is 54.3 Å². The molecule has 2 unspecified atom stereocenters. The smallest absolute Gasteiger partial charge is 0.307 e. The van der Waals surface area contributed by atoms with E-state index in [1.165, 1.54) is 4.90 Å².